The maximum Gasteiger partial charge on any atom is 0.223 e. The van der Waals surface area contributed by atoms with E-state index < -0.39 is 0 Å². The molecule has 0 aliphatic rings. The molecule has 0 spiro atoms. The third kappa shape index (κ3) is 5.17. The van der Waals surface area contributed by atoms with Gasteiger partial charge in [-0.2, -0.15) is 0 Å². The lowest BCUT2D eigenvalue weighted by Gasteiger charge is -2.13. The smallest absolute Gasteiger partial charge is 0.223 e. The summed E-state index contributed by atoms with van der Waals surface area (Å²) in [6.45, 7) is 5.92. The van der Waals surface area contributed by atoms with Gasteiger partial charge in [0.25, 0.3) is 0 Å². The fourth-order valence-electron chi connectivity index (χ4n) is 1.76. The van der Waals surface area contributed by atoms with Crippen LogP contribution in [0.2, 0.25) is 0 Å². The molecular formula is C15H23FN2O2. The van der Waals surface area contributed by atoms with Crippen molar-refractivity contribution in [2.75, 3.05) is 13.7 Å². The standard InChI is InChI=1S/C15H23FN2O2/c1-10(2)18-15(19)7-8-20-12-5-6-13(11(3)17-4)14(16)9-12/h5-6,9-11,17H,7-8H2,1-4H3,(H,18,19). The van der Waals surface area contributed by atoms with Crippen molar-refractivity contribution < 1.29 is 13.9 Å². The lowest BCUT2D eigenvalue weighted by Crippen LogP contribution is -2.31. The van der Waals surface area contributed by atoms with Crippen LogP contribution >= 0.6 is 0 Å². The second kappa shape index (κ2) is 7.85. The Morgan fingerprint density at radius 1 is 1.35 bits per heavy atom. The van der Waals surface area contributed by atoms with Gasteiger partial charge < -0.3 is 15.4 Å². The number of nitrogens with one attached hydrogen (secondary N) is 2. The highest BCUT2D eigenvalue weighted by Crippen LogP contribution is 2.21. The van der Waals surface area contributed by atoms with E-state index in [9.17, 15) is 9.18 Å². The molecule has 1 aromatic carbocycles. The Hall–Kier alpha value is -1.62. The summed E-state index contributed by atoms with van der Waals surface area (Å²) in [6.07, 6.45) is 0.258. The molecule has 0 saturated heterocycles. The molecule has 0 fully saturated rings. The number of hydrogen-bond donors (Lipinski definition) is 2. The van der Waals surface area contributed by atoms with E-state index in [1.807, 2.05) is 20.8 Å². The summed E-state index contributed by atoms with van der Waals surface area (Å²) < 4.78 is 19.2. The average molecular weight is 282 g/mol. The molecule has 0 aliphatic heterocycles. The average Bonchev–Trinajstić information content (AvgIpc) is 2.37. The molecule has 1 amide bonds. The molecule has 112 valence electrons. The quantitative estimate of drug-likeness (QED) is 0.807. The van der Waals surface area contributed by atoms with Crippen molar-refractivity contribution in [1.29, 1.82) is 0 Å². The Morgan fingerprint density at radius 3 is 2.60 bits per heavy atom. The minimum atomic E-state index is -0.309. The van der Waals surface area contributed by atoms with Crippen molar-refractivity contribution in [3.63, 3.8) is 0 Å². The summed E-state index contributed by atoms with van der Waals surface area (Å²) in [7, 11) is 1.78. The number of halogens is 1. The third-order valence-electron chi connectivity index (χ3n) is 2.92. The number of hydrogen-bond acceptors (Lipinski definition) is 3. The summed E-state index contributed by atoms with van der Waals surface area (Å²) >= 11 is 0. The van der Waals surface area contributed by atoms with Crippen molar-refractivity contribution in [2.45, 2.75) is 39.3 Å². The van der Waals surface area contributed by atoms with E-state index in [4.69, 9.17) is 4.74 Å². The van der Waals surface area contributed by atoms with Gasteiger partial charge in [0, 0.05) is 23.7 Å². The number of carbonyl (C=O) groups excluding carboxylic acids is 1. The molecule has 0 saturated carbocycles. The topological polar surface area (TPSA) is 50.4 Å². The van der Waals surface area contributed by atoms with Crippen molar-refractivity contribution in [2.24, 2.45) is 0 Å². The van der Waals surface area contributed by atoms with E-state index in [0.717, 1.165) is 0 Å². The van der Waals surface area contributed by atoms with Gasteiger partial charge in [-0.1, -0.05) is 6.07 Å². The molecule has 4 nitrogen and oxygen atoms in total. The second-order valence-electron chi connectivity index (χ2n) is 5.01. The normalized spacial score (nSPS) is 12.3. The van der Waals surface area contributed by atoms with Gasteiger partial charge in [-0.25, -0.2) is 4.39 Å². The van der Waals surface area contributed by atoms with E-state index in [0.29, 0.717) is 11.3 Å². The SMILES string of the molecule is CNC(C)c1ccc(OCCC(=O)NC(C)C)cc1F. The fourth-order valence-corrected chi connectivity index (χ4v) is 1.76. The van der Waals surface area contributed by atoms with Crippen molar-refractivity contribution in [3.05, 3.63) is 29.6 Å². The highest BCUT2D eigenvalue weighted by molar-refractivity contribution is 5.76. The molecule has 0 aromatic heterocycles. The van der Waals surface area contributed by atoms with Crippen LogP contribution in [0, 0.1) is 5.82 Å². The Morgan fingerprint density at radius 2 is 2.05 bits per heavy atom. The van der Waals surface area contributed by atoms with Crippen LogP contribution in [0.25, 0.3) is 0 Å². The molecule has 1 rings (SSSR count). The number of carbonyl (C=O) groups is 1. The Kier molecular flexibility index (Phi) is 6.45. The molecule has 1 unspecified atom stereocenters. The summed E-state index contributed by atoms with van der Waals surface area (Å²) in [5.41, 5.74) is 0.595. The Labute approximate surface area is 119 Å². The first kappa shape index (κ1) is 16.4. The Bertz CT molecular complexity index is 449. The van der Waals surface area contributed by atoms with Crippen LogP contribution in [0.15, 0.2) is 18.2 Å². The van der Waals surface area contributed by atoms with Gasteiger partial charge in [0.2, 0.25) is 5.91 Å². The van der Waals surface area contributed by atoms with Crippen molar-refractivity contribution >= 4 is 5.91 Å². The molecule has 0 bridgehead atoms. The van der Waals surface area contributed by atoms with Gasteiger partial charge in [-0.3, -0.25) is 4.79 Å². The fraction of sp³-hybridized carbons (Fsp3) is 0.533. The van der Waals surface area contributed by atoms with Gasteiger partial charge in [-0.15, -0.1) is 0 Å². The summed E-state index contributed by atoms with van der Waals surface area (Å²) in [5, 5.41) is 5.75. The van der Waals surface area contributed by atoms with Crippen LogP contribution in [0.5, 0.6) is 5.75 Å². The van der Waals surface area contributed by atoms with Crippen LogP contribution in [0.3, 0.4) is 0 Å². The molecule has 0 radical (unpaired) electrons. The summed E-state index contributed by atoms with van der Waals surface area (Å²) in [4.78, 5) is 11.4. The maximum absolute atomic E-state index is 13.8. The second-order valence-corrected chi connectivity index (χ2v) is 5.01. The largest absolute Gasteiger partial charge is 0.493 e. The zero-order valence-corrected chi connectivity index (χ0v) is 12.5. The molecule has 5 heteroatoms. The van der Waals surface area contributed by atoms with Crippen LogP contribution in [-0.4, -0.2) is 25.6 Å². The number of amides is 1. The van der Waals surface area contributed by atoms with E-state index in [-0.39, 0.29) is 36.8 Å². The minimum Gasteiger partial charge on any atom is -0.493 e. The Balaban J connectivity index is 2.49. The first-order valence-electron chi connectivity index (χ1n) is 6.83. The third-order valence-corrected chi connectivity index (χ3v) is 2.92. The predicted octanol–water partition coefficient (Wildman–Crippen LogP) is 2.40. The molecule has 1 aromatic rings. The molecule has 1 atom stereocenters. The molecule has 2 N–H and O–H groups in total. The number of ether oxygens (including phenoxy) is 1. The van der Waals surface area contributed by atoms with Crippen molar-refractivity contribution in [1.82, 2.24) is 10.6 Å². The van der Waals surface area contributed by atoms with Crippen molar-refractivity contribution in [3.8, 4) is 5.75 Å². The van der Waals surface area contributed by atoms with Crippen LogP contribution < -0.4 is 15.4 Å². The van der Waals surface area contributed by atoms with Gasteiger partial charge >= 0.3 is 0 Å². The number of benzene rings is 1. The highest BCUT2D eigenvalue weighted by Gasteiger charge is 2.10. The molecule has 20 heavy (non-hydrogen) atoms. The molecular weight excluding hydrogens is 259 g/mol. The van der Waals surface area contributed by atoms with Gasteiger partial charge in [0.05, 0.1) is 13.0 Å². The van der Waals surface area contributed by atoms with E-state index in [1.54, 1.807) is 19.2 Å². The van der Waals surface area contributed by atoms with Crippen LogP contribution in [0.4, 0.5) is 4.39 Å². The van der Waals surface area contributed by atoms with Gasteiger partial charge in [0.15, 0.2) is 0 Å². The molecule has 0 aliphatic carbocycles. The van der Waals surface area contributed by atoms with E-state index in [1.165, 1.54) is 6.07 Å². The first-order chi connectivity index (χ1) is 9.43. The zero-order chi connectivity index (χ0) is 15.1. The van der Waals surface area contributed by atoms with E-state index in [2.05, 4.69) is 10.6 Å². The van der Waals surface area contributed by atoms with Gasteiger partial charge in [-0.05, 0) is 33.9 Å². The first-order valence-corrected chi connectivity index (χ1v) is 6.83. The monoisotopic (exact) mass is 282 g/mol. The van der Waals surface area contributed by atoms with E-state index >= 15 is 0 Å². The summed E-state index contributed by atoms with van der Waals surface area (Å²) in [6, 6.07) is 4.82. The lowest BCUT2D eigenvalue weighted by molar-refractivity contribution is -0.122. The summed E-state index contributed by atoms with van der Waals surface area (Å²) in [5.74, 6) is 0.0591. The molecule has 0 heterocycles. The minimum absolute atomic E-state index is 0.0548. The van der Waals surface area contributed by atoms with Crippen LogP contribution in [-0.2, 0) is 4.79 Å². The maximum atomic E-state index is 13.8. The van der Waals surface area contributed by atoms with Gasteiger partial charge in [0.1, 0.15) is 11.6 Å². The lowest BCUT2D eigenvalue weighted by atomic mass is 10.1. The zero-order valence-electron chi connectivity index (χ0n) is 12.5. The highest BCUT2D eigenvalue weighted by atomic mass is 19.1. The predicted molar refractivity (Wildman–Crippen MR) is 77.3 cm³/mol. The number of rotatable bonds is 7. The van der Waals surface area contributed by atoms with Crippen LogP contribution in [0.1, 0.15) is 38.8 Å².